The fourth-order valence-corrected chi connectivity index (χ4v) is 4.69. The highest BCUT2D eigenvalue weighted by atomic mass is 16.5. The SMILES string of the molecule is C[C@H](O)c1nccn1[C@@H](/C=C/c1ccc(-c2ccc(C3CC(NCc4ncon4)C3)cc2)cc1)CO. The van der Waals surface area contributed by atoms with Crippen LogP contribution in [0, 0.1) is 0 Å². The molecule has 8 nitrogen and oxygen atoms in total. The van der Waals surface area contributed by atoms with Gasteiger partial charge in [-0.05, 0) is 47.9 Å². The van der Waals surface area contributed by atoms with Gasteiger partial charge >= 0.3 is 0 Å². The molecule has 2 heterocycles. The minimum atomic E-state index is -0.696. The summed E-state index contributed by atoms with van der Waals surface area (Å²) in [6.07, 6.45) is 10.2. The molecule has 2 aromatic carbocycles. The van der Waals surface area contributed by atoms with Crippen molar-refractivity contribution in [3.63, 3.8) is 0 Å². The van der Waals surface area contributed by atoms with Gasteiger partial charge in [0.05, 0.1) is 19.2 Å². The summed E-state index contributed by atoms with van der Waals surface area (Å²) in [5.74, 6) is 1.81. The van der Waals surface area contributed by atoms with Gasteiger partial charge in [0.1, 0.15) is 11.9 Å². The maximum absolute atomic E-state index is 9.89. The molecule has 1 aliphatic carbocycles. The van der Waals surface area contributed by atoms with Crippen molar-refractivity contribution in [2.75, 3.05) is 6.61 Å². The molecular formula is C28H31N5O3. The molecule has 36 heavy (non-hydrogen) atoms. The minimum Gasteiger partial charge on any atom is -0.394 e. The maximum Gasteiger partial charge on any atom is 0.213 e. The Bertz CT molecular complexity index is 1260. The predicted molar refractivity (Wildman–Crippen MR) is 137 cm³/mol. The Kier molecular flexibility index (Phi) is 7.36. The average Bonchev–Trinajstić information content (AvgIpc) is 3.57. The molecule has 2 atom stereocenters. The first-order valence-electron chi connectivity index (χ1n) is 12.3. The topological polar surface area (TPSA) is 109 Å². The Morgan fingerprint density at radius 2 is 1.81 bits per heavy atom. The summed E-state index contributed by atoms with van der Waals surface area (Å²) in [6, 6.07) is 17.4. The molecule has 186 valence electrons. The van der Waals surface area contributed by atoms with E-state index in [0.29, 0.717) is 30.2 Å². The van der Waals surface area contributed by atoms with E-state index in [1.165, 1.54) is 17.5 Å². The predicted octanol–water partition coefficient (Wildman–Crippen LogP) is 4.27. The maximum atomic E-state index is 9.89. The molecule has 0 saturated heterocycles. The summed E-state index contributed by atoms with van der Waals surface area (Å²) < 4.78 is 6.57. The second kappa shape index (κ2) is 11.0. The molecule has 4 aromatic rings. The Hall–Kier alpha value is -3.59. The van der Waals surface area contributed by atoms with E-state index < -0.39 is 6.10 Å². The zero-order chi connectivity index (χ0) is 24.9. The molecule has 8 heteroatoms. The van der Waals surface area contributed by atoms with E-state index >= 15 is 0 Å². The number of nitrogens with one attached hydrogen (secondary N) is 1. The van der Waals surface area contributed by atoms with Crippen LogP contribution in [0.15, 0.2) is 77.9 Å². The average molecular weight is 486 g/mol. The number of rotatable bonds is 10. The summed E-state index contributed by atoms with van der Waals surface area (Å²) in [6.45, 7) is 2.24. The first kappa shape index (κ1) is 24.1. The Morgan fingerprint density at radius 1 is 1.08 bits per heavy atom. The Balaban J connectivity index is 1.16. The van der Waals surface area contributed by atoms with E-state index in [2.05, 4.69) is 69.0 Å². The highest BCUT2D eigenvalue weighted by molar-refractivity contribution is 5.66. The zero-order valence-corrected chi connectivity index (χ0v) is 20.2. The molecule has 1 aliphatic rings. The molecule has 0 bridgehead atoms. The summed E-state index contributed by atoms with van der Waals surface area (Å²) >= 11 is 0. The third-order valence-electron chi connectivity index (χ3n) is 6.85. The van der Waals surface area contributed by atoms with Crippen molar-refractivity contribution >= 4 is 6.08 Å². The molecular weight excluding hydrogens is 454 g/mol. The standard InChI is InChI=1S/C28H31N5O3/c1-19(35)28-29-12-13-33(28)26(17-34)11-4-20-2-5-21(6-3-20)22-7-9-23(10-8-22)24-14-25(15-24)30-16-27-31-18-36-32-27/h2-13,18-19,24-26,30,34-35H,14-17H2,1H3/b11-4+/t19-,24?,25?,26-/m0/s1. The quantitative estimate of drug-likeness (QED) is 0.308. The summed E-state index contributed by atoms with van der Waals surface area (Å²) in [7, 11) is 0. The number of benzene rings is 2. The van der Waals surface area contributed by atoms with Crippen molar-refractivity contribution in [1.29, 1.82) is 0 Å². The second-order valence-corrected chi connectivity index (χ2v) is 9.32. The van der Waals surface area contributed by atoms with Crippen LogP contribution in [-0.4, -0.2) is 42.6 Å². The fraction of sp³-hybridized carbons (Fsp3) is 0.321. The molecule has 5 rings (SSSR count). The highest BCUT2D eigenvalue weighted by Crippen LogP contribution is 2.37. The lowest BCUT2D eigenvalue weighted by Gasteiger charge is -2.36. The van der Waals surface area contributed by atoms with Crippen molar-refractivity contribution in [2.24, 2.45) is 0 Å². The van der Waals surface area contributed by atoms with Crippen LogP contribution in [0.2, 0.25) is 0 Å². The Labute approximate surface area is 210 Å². The van der Waals surface area contributed by atoms with Crippen molar-refractivity contribution in [3.05, 3.63) is 96.2 Å². The van der Waals surface area contributed by atoms with E-state index in [4.69, 9.17) is 4.52 Å². The number of hydrogen-bond donors (Lipinski definition) is 3. The molecule has 1 saturated carbocycles. The van der Waals surface area contributed by atoms with Crippen molar-refractivity contribution in [3.8, 4) is 11.1 Å². The van der Waals surface area contributed by atoms with Gasteiger partial charge < -0.3 is 24.6 Å². The largest absolute Gasteiger partial charge is 0.394 e. The lowest BCUT2D eigenvalue weighted by atomic mass is 9.75. The Morgan fingerprint density at radius 3 is 2.44 bits per heavy atom. The fourth-order valence-electron chi connectivity index (χ4n) is 4.69. The number of aliphatic hydroxyl groups is 2. The van der Waals surface area contributed by atoms with Crippen LogP contribution in [0.3, 0.4) is 0 Å². The van der Waals surface area contributed by atoms with Gasteiger partial charge in [-0.3, -0.25) is 0 Å². The summed E-state index contributed by atoms with van der Waals surface area (Å²) in [4.78, 5) is 8.23. The number of nitrogens with zero attached hydrogens (tertiary/aromatic N) is 4. The van der Waals surface area contributed by atoms with Crippen molar-refractivity contribution in [2.45, 2.75) is 50.4 Å². The molecule has 0 unspecified atom stereocenters. The molecule has 0 spiro atoms. The molecule has 0 radical (unpaired) electrons. The number of aliphatic hydroxyl groups excluding tert-OH is 2. The summed E-state index contributed by atoms with van der Waals surface area (Å²) in [5, 5.41) is 27.1. The van der Waals surface area contributed by atoms with Gasteiger partial charge in [0.25, 0.3) is 0 Å². The van der Waals surface area contributed by atoms with Crippen LogP contribution in [-0.2, 0) is 6.54 Å². The van der Waals surface area contributed by atoms with Crippen molar-refractivity contribution in [1.82, 2.24) is 25.0 Å². The number of hydrogen-bond acceptors (Lipinski definition) is 7. The van der Waals surface area contributed by atoms with E-state index in [1.54, 1.807) is 23.9 Å². The third-order valence-corrected chi connectivity index (χ3v) is 6.85. The van der Waals surface area contributed by atoms with Crippen molar-refractivity contribution < 1.29 is 14.7 Å². The van der Waals surface area contributed by atoms with E-state index in [0.717, 1.165) is 24.0 Å². The van der Waals surface area contributed by atoms with Gasteiger partial charge in [0, 0.05) is 18.4 Å². The van der Waals surface area contributed by atoms with Crippen LogP contribution in [0.4, 0.5) is 0 Å². The van der Waals surface area contributed by atoms with E-state index in [1.807, 2.05) is 12.2 Å². The van der Waals surface area contributed by atoms with Gasteiger partial charge in [0.15, 0.2) is 5.82 Å². The van der Waals surface area contributed by atoms with Gasteiger partial charge in [-0.25, -0.2) is 4.98 Å². The minimum absolute atomic E-state index is 0.0758. The lowest BCUT2D eigenvalue weighted by Crippen LogP contribution is -2.39. The van der Waals surface area contributed by atoms with Crippen LogP contribution >= 0.6 is 0 Å². The molecule has 3 N–H and O–H groups in total. The lowest BCUT2D eigenvalue weighted by molar-refractivity contribution is 0.175. The van der Waals surface area contributed by atoms with Crippen LogP contribution in [0.1, 0.15) is 60.6 Å². The summed E-state index contributed by atoms with van der Waals surface area (Å²) in [5.41, 5.74) is 4.77. The van der Waals surface area contributed by atoms with E-state index in [9.17, 15) is 10.2 Å². The highest BCUT2D eigenvalue weighted by Gasteiger charge is 2.30. The first-order valence-corrected chi connectivity index (χ1v) is 12.3. The normalized spacial score (nSPS) is 19.3. The van der Waals surface area contributed by atoms with Gasteiger partial charge in [-0.15, -0.1) is 0 Å². The van der Waals surface area contributed by atoms with E-state index in [-0.39, 0.29) is 12.6 Å². The number of aromatic nitrogens is 4. The second-order valence-electron chi connectivity index (χ2n) is 9.32. The zero-order valence-electron chi connectivity index (χ0n) is 20.2. The third kappa shape index (κ3) is 5.46. The smallest absolute Gasteiger partial charge is 0.213 e. The monoisotopic (exact) mass is 485 g/mol. The number of imidazole rings is 1. The molecule has 2 aromatic heterocycles. The van der Waals surface area contributed by atoms with Crippen LogP contribution < -0.4 is 5.32 Å². The first-order chi connectivity index (χ1) is 17.6. The van der Waals surface area contributed by atoms with Crippen LogP contribution in [0.25, 0.3) is 17.2 Å². The molecule has 1 fully saturated rings. The van der Waals surface area contributed by atoms with Gasteiger partial charge in [-0.1, -0.05) is 65.8 Å². The molecule has 0 aliphatic heterocycles. The molecule has 0 amide bonds. The van der Waals surface area contributed by atoms with Gasteiger partial charge in [0.2, 0.25) is 6.39 Å². The van der Waals surface area contributed by atoms with Gasteiger partial charge in [-0.2, -0.15) is 4.98 Å². The van der Waals surface area contributed by atoms with Crippen LogP contribution in [0.5, 0.6) is 0 Å².